The summed E-state index contributed by atoms with van der Waals surface area (Å²) < 4.78 is 70.9. The first kappa shape index (κ1) is 29.0. The smallest absolute Gasteiger partial charge is 0.304 e. The normalized spacial score (nSPS) is 19.6. The van der Waals surface area contributed by atoms with Crippen molar-refractivity contribution >= 4 is 38.2 Å². The van der Waals surface area contributed by atoms with Crippen LogP contribution in [0.15, 0.2) is 81.8 Å². The molecule has 1 aliphatic rings. The van der Waals surface area contributed by atoms with Crippen molar-refractivity contribution in [2.24, 2.45) is 5.92 Å². The summed E-state index contributed by atoms with van der Waals surface area (Å²) in [7, 11) is -1.16. The van der Waals surface area contributed by atoms with E-state index in [2.05, 4.69) is 9.71 Å². The number of nitrogens with zero attached hydrogens (tertiary/aromatic N) is 3. The summed E-state index contributed by atoms with van der Waals surface area (Å²) in [6, 6.07) is 17.0. The quantitative estimate of drug-likeness (QED) is 0.263. The van der Waals surface area contributed by atoms with E-state index in [4.69, 9.17) is 8.83 Å². The molecule has 1 fully saturated rings. The Bertz CT molecular complexity index is 1920. The average Bonchev–Trinajstić information content (AvgIpc) is 3.62. The lowest BCUT2D eigenvalue weighted by Crippen LogP contribution is -2.57. The molecule has 3 heterocycles. The highest BCUT2D eigenvalue weighted by Gasteiger charge is 2.48. The Balaban J connectivity index is 1.36. The van der Waals surface area contributed by atoms with Crippen LogP contribution in [0.1, 0.15) is 41.1 Å². The van der Waals surface area contributed by atoms with Crippen LogP contribution >= 0.6 is 0 Å². The molecule has 5 aromatic rings. The van der Waals surface area contributed by atoms with Gasteiger partial charge in [-0.1, -0.05) is 36.4 Å². The number of amides is 1. The van der Waals surface area contributed by atoms with E-state index in [9.17, 15) is 22.0 Å². The number of para-hydroxylation sites is 2. The summed E-state index contributed by atoms with van der Waals surface area (Å²) >= 11 is 0. The van der Waals surface area contributed by atoms with Crippen molar-refractivity contribution in [3.63, 3.8) is 0 Å². The van der Waals surface area contributed by atoms with Gasteiger partial charge in [0.25, 0.3) is 5.91 Å². The molecule has 3 unspecified atom stereocenters. The van der Waals surface area contributed by atoms with Crippen LogP contribution in [0.3, 0.4) is 0 Å². The van der Waals surface area contributed by atoms with Crippen LogP contribution in [0.25, 0.3) is 22.1 Å². The largest absolute Gasteiger partial charge is 0.463 e. The van der Waals surface area contributed by atoms with Gasteiger partial charge in [0.1, 0.15) is 23.2 Å². The molecular formula is C31H30F2N4O5S. The van der Waals surface area contributed by atoms with Gasteiger partial charge in [-0.05, 0) is 62.2 Å². The highest BCUT2D eigenvalue weighted by atomic mass is 32.2. The number of carbonyl (C=O) groups excluding carboxylic acids is 1. The molecule has 0 bridgehead atoms. The van der Waals surface area contributed by atoms with Gasteiger partial charge in [-0.25, -0.2) is 18.5 Å². The van der Waals surface area contributed by atoms with E-state index < -0.39 is 33.3 Å². The first-order chi connectivity index (χ1) is 20.5. The molecule has 12 heteroatoms. The number of fused-ring (bicyclic) bond motifs is 2. The van der Waals surface area contributed by atoms with Crippen molar-refractivity contribution < 1.29 is 30.8 Å². The lowest BCUT2D eigenvalue weighted by atomic mass is 9.73. The number of hydrogen-bond acceptors (Lipinski definition) is 7. The summed E-state index contributed by atoms with van der Waals surface area (Å²) in [5.41, 5.74) is 0.267. The lowest BCUT2D eigenvalue weighted by Gasteiger charge is -2.48. The zero-order chi connectivity index (χ0) is 30.5. The first-order valence-corrected chi connectivity index (χ1v) is 15.2. The van der Waals surface area contributed by atoms with E-state index in [-0.39, 0.29) is 22.9 Å². The molecule has 224 valence electrons. The van der Waals surface area contributed by atoms with Crippen molar-refractivity contribution in [1.29, 1.82) is 0 Å². The van der Waals surface area contributed by atoms with Gasteiger partial charge >= 0.3 is 10.2 Å². The van der Waals surface area contributed by atoms with Gasteiger partial charge in [-0.3, -0.25) is 4.79 Å². The molecule has 0 aliphatic carbocycles. The maximum absolute atomic E-state index is 14.4. The lowest BCUT2D eigenvalue weighted by molar-refractivity contribution is 0.0601. The Kier molecular flexibility index (Phi) is 7.31. The average molecular weight is 609 g/mol. The third-order valence-electron chi connectivity index (χ3n) is 8.55. The van der Waals surface area contributed by atoms with Crippen LogP contribution in [0.4, 0.5) is 8.78 Å². The van der Waals surface area contributed by atoms with Crippen LogP contribution in [0, 0.1) is 17.6 Å². The minimum atomic E-state index is -4.45. The first-order valence-electron chi connectivity index (χ1n) is 13.7. The zero-order valence-corrected chi connectivity index (χ0v) is 24.6. The Hall–Kier alpha value is -4.13. The number of oxazole rings is 1. The van der Waals surface area contributed by atoms with Crippen molar-refractivity contribution in [3.8, 4) is 0 Å². The number of furan rings is 1. The third kappa shape index (κ3) is 5.19. The van der Waals surface area contributed by atoms with Crippen LogP contribution in [-0.4, -0.2) is 55.7 Å². The van der Waals surface area contributed by atoms with Crippen LogP contribution < -0.4 is 4.72 Å². The number of piperidine rings is 1. The second-order valence-corrected chi connectivity index (χ2v) is 12.9. The predicted molar refractivity (Wildman–Crippen MR) is 156 cm³/mol. The van der Waals surface area contributed by atoms with Gasteiger partial charge in [0, 0.05) is 31.4 Å². The highest BCUT2D eigenvalue weighted by molar-refractivity contribution is 7.87. The minimum Gasteiger partial charge on any atom is -0.463 e. The number of nitrogens with one attached hydrogen (secondary N) is 1. The number of carbonyl (C=O) groups is 1. The fourth-order valence-electron chi connectivity index (χ4n) is 6.12. The van der Waals surface area contributed by atoms with Crippen molar-refractivity contribution in [3.05, 3.63) is 102 Å². The second kappa shape index (κ2) is 10.9. The molecule has 0 saturated carbocycles. The SMILES string of the molecule is CN1CC(c2nc3c(F)cccc3o2)CC(C(C)(c2ccc(F)cc2)N(C)S(=O)(=O)NC(=O)c2coc3ccccc23)C1. The van der Waals surface area contributed by atoms with Crippen molar-refractivity contribution in [2.75, 3.05) is 27.2 Å². The Labute approximate surface area is 247 Å². The second-order valence-electron chi connectivity index (χ2n) is 11.2. The van der Waals surface area contributed by atoms with E-state index in [1.165, 1.54) is 31.5 Å². The van der Waals surface area contributed by atoms with E-state index in [1.54, 1.807) is 55.5 Å². The van der Waals surface area contributed by atoms with E-state index in [0.717, 1.165) is 4.31 Å². The molecule has 3 atom stereocenters. The summed E-state index contributed by atoms with van der Waals surface area (Å²) in [6.45, 7) is 2.77. The van der Waals surface area contributed by atoms with Gasteiger partial charge in [-0.15, -0.1) is 0 Å². The number of halogens is 2. The molecule has 1 aliphatic heterocycles. The summed E-state index contributed by atoms with van der Waals surface area (Å²) in [4.78, 5) is 19.7. The van der Waals surface area contributed by atoms with Crippen molar-refractivity contribution in [1.82, 2.24) is 18.9 Å². The number of benzene rings is 3. The van der Waals surface area contributed by atoms with Gasteiger partial charge in [0.15, 0.2) is 17.3 Å². The maximum atomic E-state index is 14.4. The van der Waals surface area contributed by atoms with Crippen LogP contribution in [0.5, 0.6) is 0 Å². The Morgan fingerprint density at radius 1 is 1.05 bits per heavy atom. The number of hydrogen-bond donors (Lipinski definition) is 1. The summed E-state index contributed by atoms with van der Waals surface area (Å²) in [5.74, 6) is -2.12. The zero-order valence-electron chi connectivity index (χ0n) is 23.8. The van der Waals surface area contributed by atoms with Gasteiger partial charge < -0.3 is 13.7 Å². The Morgan fingerprint density at radius 3 is 2.51 bits per heavy atom. The predicted octanol–water partition coefficient (Wildman–Crippen LogP) is 5.41. The summed E-state index contributed by atoms with van der Waals surface area (Å²) in [6.07, 6.45) is 1.64. The third-order valence-corrected chi connectivity index (χ3v) is 10.1. The highest BCUT2D eigenvalue weighted by Crippen LogP contribution is 2.44. The molecule has 6 rings (SSSR count). The molecule has 43 heavy (non-hydrogen) atoms. The molecule has 3 aromatic carbocycles. The topological polar surface area (TPSA) is 109 Å². The van der Waals surface area contributed by atoms with Gasteiger partial charge in [0.05, 0.1) is 11.1 Å². The number of aromatic nitrogens is 1. The molecular weight excluding hydrogens is 578 g/mol. The molecule has 1 amide bonds. The van der Waals surface area contributed by atoms with E-state index >= 15 is 0 Å². The van der Waals surface area contributed by atoms with E-state index in [1.807, 2.05) is 11.9 Å². The number of likely N-dealkylation sites (N-methyl/N-ethyl adjacent to an activating group) is 1. The molecule has 2 aromatic heterocycles. The summed E-state index contributed by atoms with van der Waals surface area (Å²) in [5, 5.41) is 0.477. The number of likely N-dealkylation sites (tertiary alicyclic amines) is 1. The standard InChI is InChI=1S/C31H30F2N4O5S/c1-31(20-11-13-22(32)14-12-20,37(3)43(39,40)35-29(38)24-18-41-26-9-5-4-7-23(24)26)21-15-19(16-36(2)17-21)30-34-28-25(33)8-6-10-27(28)42-30/h4-14,18-19,21H,15-17H2,1-3H3,(H,35,38). The molecule has 0 spiro atoms. The fourth-order valence-corrected chi connectivity index (χ4v) is 7.35. The van der Waals surface area contributed by atoms with Crippen LogP contribution in [0.2, 0.25) is 0 Å². The number of rotatable bonds is 7. The molecule has 1 N–H and O–H groups in total. The molecule has 0 radical (unpaired) electrons. The minimum absolute atomic E-state index is 0.0803. The fraction of sp³-hybridized carbons (Fsp3) is 0.290. The molecule has 1 saturated heterocycles. The van der Waals surface area contributed by atoms with Gasteiger partial charge in [0.2, 0.25) is 0 Å². The van der Waals surface area contributed by atoms with Gasteiger partial charge in [-0.2, -0.15) is 12.7 Å². The Morgan fingerprint density at radius 2 is 1.77 bits per heavy atom. The molecule has 9 nitrogen and oxygen atoms in total. The monoisotopic (exact) mass is 608 g/mol. The maximum Gasteiger partial charge on any atom is 0.304 e. The van der Waals surface area contributed by atoms with E-state index in [0.29, 0.717) is 47.5 Å². The van der Waals surface area contributed by atoms with Crippen LogP contribution in [-0.2, 0) is 15.7 Å². The van der Waals surface area contributed by atoms with Crippen molar-refractivity contribution in [2.45, 2.75) is 24.8 Å².